The van der Waals surface area contributed by atoms with Crippen LogP contribution in [0.5, 0.6) is 0 Å². The molecular weight excluding hydrogens is 417 g/mol. The summed E-state index contributed by atoms with van der Waals surface area (Å²) in [5.74, 6) is 0. The van der Waals surface area contributed by atoms with Gasteiger partial charge < -0.3 is 0 Å². The summed E-state index contributed by atoms with van der Waals surface area (Å²) >= 11 is 9.11. The second-order valence-corrected chi connectivity index (χ2v) is 8.79. The first-order valence-electron chi connectivity index (χ1n) is 7.71. The third-order valence-electron chi connectivity index (χ3n) is 3.97. The zero-order chi connectivity index (χ0) is 16.1. The average molecular weight is 436 g/mol. The largest absolute Gasteiger partial charge is 0.286 e. The number of allylic oxidation sites excluding steroid dienone is 2. The maximum Gasteiger partial charge on any atom is 0.133 e. The van der Waals surface area contributed by atoms with E-state index in [9.17, 15) is 0 Å². The molecule has 118 valence electrons. The van der Waals surface area contributed by atoms with Crippen LogP contribution < -0.4 is 0 Å². The molecule has 0 fully saturated rings. The van der Waals surface area contributed by atoms with Gasteiger partial charge in [-0.1, -0.05) is 108 Å². The molecular formula is C20H19ClIN. The fourth-order valence-corrected chi connectivity index (χ4v) is 3.93. The molecule has 0 aliphatic heterocycles. The molecule has 0 aromatic heterocycles. The molecule has 0 heterocycles. The van der Waals surface area contributed by atoms with Gasteiger partial charge in [-0.2, -0.15) is 0 Å². The van der Waals surface area contributed by atoms with Crippen molar-refractivity contribution in [3.05, 3.63) is 96.1 Å². The SMILES string of the molecule is ClC1(I)C=CC=CC1N(Cc1ccccc1)Cc1ccccc1. The zero-order valence-electron chi connectivity index (χ0n) is 12.8. The molecule has 2 aromatic rings. The van der Waals surface area contributed by atoms with Crippen LogP contribution in [0.1, 0.15) is 11.1 Å². The maximum absolute atomic E-state index is 6.77. The van der Waals surface area contributed by atoms with Crippen molar-refractivity contribution < 1.29 is 0 Å². The van der Waals surface area contributed by atoms with Gasteiger partial charge in [0.15, 0.2) is 0 Å². The molecule has 2 unspecified atom stereocenters. The highest BCUT2D eigenvalue weighted by Crippen LogP contribution is 2.37. The number of hydrogen-bond donors (Lipinski definition) is 0. The van der Waals surface area contributed by atoms with E-state index in [1.165, 1.54) is 11.1 Å². The van der Waals surface area contributed by atoms with E-state index in [2.05, 4.69) is 106 Å². The van der Waals surface area contributed by atoms with Gasteiger partial charge in [0.2, 0.25) is 0 Å². The Bertz CT molecular complexity index is 638. The molecule has 0 saturated carbocycles. The highest BCUT2D eigenvalue weighted by molar-refractivity contribution is 14.1. The Hall–Kier alpha value is -1.10. The van der Waals surface area contributed by atoms with Crippen LogP contribution in [0.25, 0.3) is 0 Å². The standard InChI is InChI=1S/C20H19ClIN/c21-20(22)14-8-7-13-19(20)23(15-17-9-3-1-4-10-17)16-18-11-5-2-6-12-18/h1-14,19H,15-16H2. The first-order chi connectivity index (χ1) is 11.1. The lowest BCUT2D eigenvalue weighted by Crippen LogP contribution is -2.44. The number of halogens is 2. The molecule has 3 heteroatoms. The minimum absolute atomic E-state index is 0.148. The van der Waals surface area contributed by atoms with Crippen molar-refractivity contribution in [2.24, 2.45) is 0 Å². The monoisotopic (exact) mass is 435 g/mol. The van der Waals surface area contributed by atoms with Gasteiger partial charge in [0, 0.05) is 13.1 Å². The van der Waals surface area contributed by atoms with Crippen molar-refractivity contribution in [3.8, 4) is 0 Å². The van der Waals surface area contributed by atoms with E-state index in [0.29, 0.717) is 0 Å². The molecule has 1 aliphatic rings. The molecule has 1 nitrogen and oxygen atoms in total. The normalized spacial score (nSPS) is 23.3. The summed E-state index contributed by atoms with van der Waals surface area (Å²) in [5, 5.41) is 0. The van der Waals surface area contributed by atoms with Gasteiger partial charge in [-0.25, -0.2) is 0 Å². The van der Waals surface area contributed by atoms with Crippen LogP contribution in [0.2, 0.25) is 0 Å². The molecule has 2 atom stereocenters. The van der Waals surface area contributed by atoms with Crippen molar-refractivity contribution in [2.45, 2.75) is 22.0 Å². The molecule has 0 bridgehead atoms. The summed E-state index contributed by atoms with van der Waals surface area (Å²) in [6.07, 6.45) is 8.39. The molecule has 23 heavy (non-hydrogen) atoms. The lowest BCUT2D eigenvalue weighted by atomic mass is 10.0. The van der Waals surface area contributed by atoms with E-state index < -0.39 is 2.88 Å². The number of alkyl halides is 2. The van der Waals surface area contributed by atoms with E-state index >= 15 is 0 Å². The van der Waals surface area contributed by atoms with E-state index in [4.69, 9.17) is 11.6 Å². The summed E-state index contributed by atoms with van der Waals surface area (Å²) in [4.78, 5) is 2.43. The topological polar surface area (TPSA) is 3.24 Å². The summed E-state index contributed by atoms with van der Waals surface area (Å²) in [7, 11) is 0. The lowest BCUT2D eigenvalue weighted by Gasteiger charge is -2.37. The minimum atomic E-state index is -0.421. The Morgan fingerprint density at radius 2 is 1.39 bits per heavy atom. The van der Waals surface area contributed by atoms with Crippen LogP contribution >= 0.6 is 34.2 Å². The Morgan fingerprint density at radius 3 is 1.87 bits per heavy atom. The first kappa shape index (κ1) is 16.7. The van der Waals surface area contributed by atoms with E-state index in [-0.39, 0.29) is 6.04 Å². The van der Waals surface area contributed by atoms with Crippen molar-refractivity contribution >= 4 is 34.2 Å². The van der Waals surface area contributed by atoms with Crippen molar-refractivity contribution in [3.63, 3.8) is 0 Å². The van der Waals surface area contributed by atoms with E-state index in [1.807, 2.05) is 6.08 Å². The summed E-state index contributed by atoms with van der Waals surface area (Å²) in [6.45, 7) is 1.74. The maximum atomic E-state index is 6.77. The lowest BCUT2D eigenvalue weighted by molar-refractivity contribution is 0.210. The Labute approximate surface area is 156 Å². The van der Waals surface area contributed by atoms with Crippen LogP contribution in [0.3, 0.4) is 0 Å². The molecule has 3 rings (SSSR count). The van der Waals surface area contributed by atoms with Crippen LogP contribution in [-0.2, 0) is 13.1 Å². The molecule has 0 saturated heterocycles. The third kappa shape index (κ3) is 4.46. The average Bonchev–Trinajstić information content (AvgIpc) is 2.56. The predicted molar refractivity (Wildman–Crippen MR) is 107 cm³/mol. The van der Waals surface area contributed by atoms with Crippen LogP contribution in [-0.4, -0.2) is 13.8 Å². The number of benzene rings is 2. The van der Waals surface area contributed by atoms with Gasteiger partial charge in [-0.05, 0) is 11.1 Å². The van der Waals surface area contributed by atoms with Crippen LogP contribution in [0.4, 0.5) is 0 Å². The van der Waals surface area contributed by atoms with Gasteiger partial charge in [-0.3, -0.25) is 4.90 Å². The summed E-state index contributed by atoms with van der Waals surface area (Å²) in [5.41, 5.74) is 2.60. The summed E-state index contributed by atoms with van der Waals surface area (Å²) in [6, 6.07) is 21.3. The van der Waals surface area contributed by atoms with Gasteiger partial charge in [0.05, 0.1) is 6.04 Å². The Morgan fingerprint density at radius 1 is 0.870 bits per heavy atom. The zero-order valence-corrected chi connectivity index (χ0v) is 15.7. The van der Waals surface area contributed by atoms with E-state index in [0.717, 1.165) is 13.1 Å². The third-order valence-corrected chi connectivity index (χ3v) is 5.31. The number of nitrogens with zero attached hydrogens (tertiary/aromatic N) is 1. The molecule has 0 amide bonds. The molecule has 2 aromatic carbocycles. The van der Waals surface area contributed by atoms with Crippen LogP contribution in [0.15, 0.2) is 85.0 Å². The number of hydrogen-bond acceptors (Lipinski definition) is 1. The van der Waals surface area contributed by atoms with Crippen molar-refractivity contribution in [1.82, 2.24) is 4.90 Å². The van der Waals surface area contributed by atoms with Gasteiger partial charge in [-0.15, -0.1) is 11.6 Å². The Balaban J connectivity index is 1.87. The van der Waals surface area contributed by atoms with Crippen molar-refractivity contribution in [1.29, 1.82) is 0 Å². The number of rotatable bonds is 5. The smallest absolute Gasteiger partial charge is 0.133 e. The van der Waals surface area contributed by atoms with E-state index in [1.54, 1.807) is 0 Å². The quantitative estimate of drug-likeness (QED) is 0.439. The highest BCUT2D eigenvalue weighted by Gasteiger charge is 2.35. The summed E-state index contributed by atoms with van der Waals surface area (Å²) < 4.78 is -0.421. The van der Waals surface area contributed by atoms with Gasteiger partial charge in [0.1, 0.15) is 2.88 Å². The molecule has 0 spiro atoms. The van der Waals surface area contributed by atoms with Crippen LogP contribution in [0, 0.1) is 0 Å². The van der Waals surface area contributed by atoms with Crippen molar-refractivity contribution in [2.75, 3.05) is 0 Å². The first-order valence-corrected chi connectivity index (χ1v) is 9.16. The molecule has 1 aliphatic carbocycles. The van der Waals surface area contributed by atoms with Gasteiger partial charge in [0.25, 0.3) is 0 Å². The highest BCUT2D eigenvalue weighted by atomic mass is 127. The second-order valence-electron chi connectivity index (χ2n) is 5.74. The second kappa shape index (κ2) is 7.65. The van der Waals surface area contributed by atoms with Gasteiger partial charge >= 0.3 is 0 Å². The fraction of sp³-hybridized carbons (Fsp3) is 0.200. The Kier molecular flexibility index (Phi) is 5.57. The predicted octanol–water partition coefficient (Wildman–Crippen LogP) is 5.55. The molecule has 0 radical (unpaired) electrons. The minimum Gasteiger partial charge on any atom is -0.286 e. The molecule has 0 N–H and O–H groups in total. The fourth-order valence-electron chi connectivity index (χ4n) is 2.83.